The highest BCUT2D eigenvalue weighted by molar-refractivity contribution is 8.00. The Bertz CT molecular complexity index is 364. The van der Waals surface area contributed by atoms with E-state index in [4.69, 9.17) is 0 Å². The van der Waals surface area contributed by atoms with E-state index in [-0.39, 0.29) is 17.2 Å². The van der Waals surface area contributed by atoms with Crippen LogP contribution in [0.15, 0.2) is 0 Å². The van der Waals surface area contributed by atoms with Crippen molar-refractivity contribution in [2.24, 2.45) is 11.8 Å². The second-order valence-corrected chi connectivity index (χ2v) is 7.08. The lowest BCUT2D eigenvalue weighted by atomic mass is 9.96. The number of carbonyl (C=O) groups excluding carboxylic acids is 1. The van der Waals surface area contributed by atoms with Crippen molar-refractivity contribution in [3.63, 3.8) is 0 Å². The van der Waals surface area contributed by atoms with Crippen LogP contribution in [0.4, 0.5) is 0 Å². The summed E-state index contributed by atoms with van der Waals surface area (Å²) in [6, 6.07) is -0.616. The third kappa shape index (κ3) is 3.30. The Balaban J connectivity index is 2.14. The molecule has 2 fully saturated rings. The van der Waals surface area contributed by atoms with Gasteiger partial charge in [-0.2, -0.15) is 0 Å². The molecule has 0 bridgehead atoms. The lowest BCUT2D eigenvalue weighted by molar-refractivity contribution is -0.151. The molecule has 2 unspecified atom stereocenters. The minimum absolute atomic E-state index is 0.00630. The lowest BCUT2D eigenvalue weighted by Crippen LogP contribution is -2.48. The number of carboxylic acid groups (broad SMARTS) is 1. The van der Waals surface area contributed by atoms with E-state index in [1.165, 1.54) is 0 Å². The largest absolute Gasteiger partial charge is 0.480 e. The standard InChI is InChI=1S/C15H25NO3S/c1-3-5-10(6-4-2)13(17)16-12(15(18)19)9-20-14(16)11-7-8-11/h10-12,14H,3-9H2,1-2H3,(H,18,19). The van der Waals surface area contributed by atoms with Crippen molar-refractivity contribution in [2.45, 2.75) is 63.8 Å². The summed E-state index contributed by atoms with van der Waals surface area (Å²) in [5, 5.41) is 9.50. The Morgan fingerprint density at radius 1 is 1.25 bits per heavy atom. The molecular weight excluding hydrogens is 274 g/mol. The van der Waals surface area contributed by atoms with Crippen molar-refractivity contribution in [3.8, 4) is 0 Å². The molecule has 1 heterocycles. The van der Waals surface area contributed by atoms with Gasteiger partial charge in [0.15, 0.2) is 0 Å². The second-order valence-electron chi connectivity index (χ2n) is 5.94. The zero-order chi connectivity index (χ0) is 14.7. The van der Waals surface area contributed by atoms with E-state index in [9.17, 15) is 14.7 Å². The number of hydrogen-bond acceptors (Lipinski definition) is 3. The maximum Gasteiger partial charge on any atom is 0.327 e. The third-order valence-electron chi connectivity index (χ3n) is 4.22. The summed E-state index contributed by atoms with van der Waals surface area (Å²) in [6.07, 6.45) is 5.97. The highest BCUT2D eigenvalue weighted by Crippen LogP contribution is 2.46. The number of rotatable bonds is 7. The number of amides is 1. The van der Waals surface area contributed by atoms with Gasteiger partial charge in [0.25, 0.3) is 0 Å². The van der Waals surface area contributed by atoms with Gasteiger partial charge in [-0.05, 0) is 31.6 Å². The molecule has 0 aromatic heterocycles. The van der Waals surface area contributed by atoms with E-state index in [0.717, 1.165) is 38.5 Å². The lowest BCUT2D eigenvalue weighted by Gasteiger charge is -2.31. The van der Waals surface area contributed by atoms with Crippen LogP contribution in [-0.2, 0) is 9.59 Å². The highest BCUT2D eigenvalue weighted by atomic mass is 32.2. The molecule has 0 aromatic rings. The summed E-state index contributed by atoms with van der Waals surface area (Å²) in [7, 11) is 0. The highest BCUT2D eigenvalue weighted by Gasteiger charge is 2.48. The van der Waals surface area contributed by atoms with Crippen LogP contribution < -0.4 is 0 Å². The van der Waals surface area contributed by atoms with Crippen LogP contribution in [0.3, 0.4) is 0 Å². The molecule has 1 N–H and O–H groups in total. The zero-order valence-corrected chi connectivity index (χ0v) is 13.2. The first-order valence-corrected chi connectivity index (χ1v) is 8.81. The molecule has 5 heteroatoms. The number of carbonyl (C=O) groups is 2. The first kappa shape index (κ1) is 15.7. The summed E-state index contributed by atoms with van der Waals surface area (Å²) >= 11 is 1.66. The fraction of sp³-hybridized carbons (Fsp3) is 0.867. The van der Waals surface area contributed by atoms with Gasteiger partial charge in [-0.25, -0.2) is 4.79 Å². The van der Waals surface area contributed by atoms with Crippen LogP contribution in [0.2, 0.25) is 0 Å². The zero-order valence-electron chi connectivity index (χ0n) is 12.4. The Morgan fingerprint density at radius 3 is 2.30 bits per heavy atom. The van der Waals surface area contributed by atoms with Gasteiger partial charge in [0.1, 0.15) is 6.04 Å². The van der Waals surface area contributed by atoms with Gasteiger partial charge in [0.05, 0.1) is 5.37 Å². The van der Waals surface area contributed by atoms with Crippen molar-refractivity contribution in [1.29, 1.82) is 0 Å². The molecule has 0 aromatic carbocycles. The monoisotopic (exact) mass is 299 g/mol. The van der Waals surface area contributed by atoms with Crippen molar-refractivity contribution in [1.82, 2.24) is 4.90 Å². The van der Waals surface area contributed by atoms with Gasteiger partial charge in [-0.1, -0.05) is 26.7 Å². The molecule has 1 amide bonds. The van der Waals surface area contributed by atoms with Crippen molar-refractivity contribution in [2.75, 3.05) is 5.75 Å². The number of nitrogens with zero attached hydrogens (tertiary/aromatic N) is 1. The maximum atomic E-state index is 12.8. The number of thioether (sulfide) groups is 1. The smallest absolute Gasteiger partial charge is 0.327 e. The fourth-order valence-electron chi connectivity index (χ4n) is 3.04. The SMILES string of the molecule is CCCC(CCC)C(=O)N1C(C(=O)O)CSC1C1CC1. The topological polar surface area (TPSA) is 57.6 Å². The van der Waals surface area contributed by atoms with E-state index in [2.05, 4.69) is 13.8 Å². The summed E-state index contributed by atoms with van der Waals surface area (Å²) < 4.78 is 0. The first-order valence-electron chi connectivity index (χ1n) is 7.76. The molecule has 1 aliphatic carbocycles. The van der Waals surface area contributed by atoms with Crippen LogP contribution >= 0.6 is 11.8 Å². The molecule has 0 radical (unpaired) electrons. The predicted octanol–water partition coefficient (Wildman–Crippen LogP) is 2.97. The average Bonchev–Trinajstić information content (AvgIpc) is 3.16. The number of hydrogen-bond donors (Lipinski definition) is 1. The van der Waals surface area contributed by atoms with Gasteiger partial charge < -0.3 is 10.0 Å². The van der Waals surface area contributed by atoms with Crippen molar-refractivity contribution in [3.05, 3.63) is 0 Å². The molecule has 114 valence electrons. The molecule has 1 saturated carbocycles. The van der Waals surface area contributed by atoms with Crippen LogP contribution in [0, 0.1) is 11.8 Å². The second kappa shape index (κ2) is 6.83. The molecule has 1 aliphatic heterocycles. The Kier molecular flexibility index (Phi) is 5.35. The van der Waals surface area contributed by atoms with E-state index >= 15 is 0 Å². The molecule has 2 atom stereocenters. The molecule has 1 saturated heterocycles. The fourth-order valence-corrected chi connectivity index (χ4v) is 4.68. The van der Waals surface area contributed by atoms with E-state index in [1.807, 2.05) is 0 Å². The van der Waals surface area contributed by atoms with Crippen LogP contribution in [0.25, 0.3) is 0 Å². The maximum absolute atomic E-state index is 12.8. The van der Waals surface area contributed by atoms with E-state index in [0.29, 0.717) is 11.7 Å². The van der Waals surface area contributed by atoms with Gasteiger partial charge in [-0.3, -0.25) is 4.79 Å². The summed E-state index contributed by atoms with van der Waals surface area (Å²) in [5.74, 6) is 0.320. The van der Waals surface area contributed by atoms with E-state index < -0.39 is 12.0 Å². The molecule has 4 nitrogen and oxygen atoms in total. The number of aliphatic carboxylic acids is 1. The third-order valence-corrected chi connectivity index (χ3v) is 5.68. The van der Waals surface area contributed by atoms with Gasteiger partial charge in [0.2, 0.25) is 5.91 Å². The molecule has 0 spiro atoms. The van der Waals surface area contributed by atoms with Crippen LogP contribution in [0.5, 0.6) is 0 Å². The van der Waals surface area contributed by atoms with Gasteiger partial charge in [-0.15, -0.1) is 11.8 Å². The molecule has 2 rings (SSSR count). The molecule has 2 aliphatic rings. The average molecular weight is 299 g/mol. The van der Waals surface area contributed by atoms with E-state index in [1.54, 1.807) is 16.7 Å². The molecule has 20 heavy (non-hydrogen) atoms. The Labute approximate surface area is 125 Å². The van der Waals surface area contributed by atoms with Crippen molar-refractivity contribution < 1.29 is 14.7 Å². The Morgan fingerprint density at radius 2 is 1.85 bits per heavy atom. The van der Waals surface area contributed by atoms with Gasteiger partial charge >= 0.3 is 5.97 Å². The molecular formula is C15H25NO3S. The first-order chi connectivity index (χ1) is 9.60. The summed E-state index contributed by atoms with van der Waals surface area (Å²) in [6.45, 7) is 4.17. The number of carboxylic acids is 1. The normalized spacial score (nSPS) is 26.2. The van der Waals surface area contributed by atoms with Gasteiger partial charge in [0, 0.05) is 11.7 Å². The minimum Gasteiger partial charge on any atom is -0.480 e. The van der Waals surface area contributed by atoms with Crippen LogP contribution in [-0.4, -0.2) is 39.1 Å². The predicted molar refractivity (Wildman–Crippen MR) is 80.5 cm³/mol. The Hall–Kier alpha value is -0.710. The summed E-state index contributed by atoms with van der Waals surface area (Å²) in [4.78, 5) is 26.0. The van der Waals surface area contributed by atoms with Crippen molar-refractivity contribution >= 4 is 23.6 Å². The summed E-state index contributed by atoms with van der Waals surface area (Å²) in [5.41, 5.74) is 0. The van der Waals surface area contributed by atoms with Crippen LogP contribution in [0.1, 0.15) is 52.4 Å². The quantitative estimate of drug-likeness (QED) is 0.785. The minimum atomic E-state index is -0.847.